The fraction of sp³-hybridized carbons (Fsp3) is 0.350. The van der Waals surface area contributed by atoms with Gasteiger partial charge in [0.1, 0.15) is 0 Å². The Balaban J connectivity index is 1.52. The van der Waals surface area contributed by atoms with E-state index in [1.165, 1.54) is 18.2 Å². The Kier molecular flexibility index (Phi) is 7.05. The lowest BCUT2D eigenvalue weighted by Crippen LogP contribution is -2.48. The molecule has 0 bridgehead atoms. The fourth-order valence-electron chi connectivity index (χ4n) is 3.24. The summed E-state index contributed by atoms with van der Waals surface area (Å²) < 4.78 is 39.2. The molecule has 4 nitrogen and oxygen atoms in total. The maximum Gasteiger partial charge on any atom is 0.418 e. The van der Waals surface area contributed by atoms with Crippen molar-refractivity contribution in [1.82, 2.24) is 9.80 Å². The molecule has 29 heavy (non-hydrogen) atoms. The predicted octanol–water partition coefficient (Wildman–Crippen LogP) is 4.77. The molecule has 3 rings (SSSR count). The highest BCUT2D eigenvalue weighted by Crippen LogP contribution is 2.34. The van der Waals surface area contributed by atoms with Crippen molar-refractivity contribution in [1.29, 1.82) is 0 Å². The summed E-state index contributed by atoms with van der Waals surface area (Å²) in [6, 6.07) is 10.3. The monoisotopic (exact) mass is 445 g/mol. The van der Waals surface area contributed by atoms with Crippen LogP contribution in [-0.2, 0) is 17.5 Å². The number of carbonyl (C=O) groups excluding carboxylic acids is 1. The van der Waals surface area contributed by atoms with Crippen molar-refractivity contribution in [3.05, 3.63) is 63.6 Å². The molecule has 1 saturated heterocycles. The fourth-order valence-corrected chi connectivity index (χ4v) is 3.76. The molecular formula is C20H20Cl2F3N3O. The van der Waals surface area contributed by atoms with E-state index < -0.39 is 17.6 Å². The Morgan fingerprint density at radius 2 is 1.52 bits per heavy atom. The molecule has 0 unspecified atom stereocenters. The van der Waals surface area contributed by atoms with E-state index in [-0.39, 0.29) is 12.2 Å². The van der Waals surface area contributed by atoms with E-state index in [9.17, 15) is 18.0 Å². The summed E-state index contributed by atoms with van der Waals surface area (Å²) in [6.45, 7) is 3.29. The van der Waals surface area contributed by atoms with Crippen LogP contribution in [0.3, 0.4) is 0 Å². The van der Waals surface area contributed by atoms with Crippen LogP contribution in [-0.4, -0.2) is 48.4 Å². The molecule has 156 valence electrons. The number of piperazine rings is 1. The van der Waals surface area contributed by atoms with Crippen LogP contribution in [0.2, 0.25) is 10.0 Å². The molecule has 1 heterocycles. The number of carbonyl (C=O) groups is 1. The highest BCUT2D eigenvalue weighted by Gasteiger charge is 2.33. The molecule has 2 aromatic rings. The molecule has 1 aliphatic heterocycles. The lowest BCUT2D eigenvalue weighted by atomic mass is 10.1. The maximum absolute atomic E-state index is 13.1. The maximum atomic E-state index is 13.1. The van der Waals surface area contributed by atoms with Crippen LogP contribution in [0.1, 0.15) is 11.1 Å². The van der Waals surface area contributed by atoms with E-state index in [4.69, 9.17) is 23.2 Å². The molecule has 1 aliphatic rings. The Morgan fingerprint density at radius 1 is 0.931 bits per heavy atom. The number of halogens is 5. The molecule has 2 aromatic carbocycles. The summed E-state index contributed by atoms with van der Waals surface area (Å²) in [4.78, 5) is 16.3. The highest BCUT2D eigenvalue weighted by atomic mass is 35.5. The van der Waals surface area contributed by atoms with Crippen molar-refractivity contribution in [2.75, 3.05) is 38.0 Å². The molecule has 1 fully saturated rings. The number of rotatable bonds is 5. The third-order valence-electron chi connectivity index (χ3n) is 4.78. The predicted molar refractivity (Wildman–Crippen MR) is 108 cm³/mol. The molecule has 0 aliphatic carbocycles. The molecule has 0 saturated carbocycles. The number of nitrogens with zero attached hydrogens (tertiary/aromatic N) is 2. The van der Waals surface area contributed by atoms with Gasteiger partial charge < -0.3 is 5.32 Å². The number of hydrogen-bond donors (Lipinski definition) is 1. The lowest BCUT2D eigenvalue weighted by Gasteiger charge is -2.34. The molecule has 1 amide bonds. The summed E-state index contributed by atoms with van der Waals surface area (Å²) in [7, 11) is 0. The van der Waals surface area contributed by atoms with E-state index in [1.807, 2.05) is 4.90 Å². The van der Waals surface area contributed by atoms with Gasteiger partial charge in [0, 0.05) is 48.3 Å². The summed E-state index contributed by atoms with van der Waals surface area (Å²) in [6.07, 6.45) is -4.52. The van der Waals surface area contributed by atoms with E-state index in [2.05, 4.69) is 10.2 Å². The van der Waals surface area contributed by atoms with E-state index in [0.717, 1.165) is 11.6 Å². The van der Waals surface area contributed by atoms with Gasteiger partial charge in [-0.05, 0) is 24.3 Å². The first-order chi connectivity index (χ1) is 13.7. The van der Waals surface area contributed by atoms with E-state index in [0.29, 0.717) is 42.8 Å². The van der Waals surface area contributed by atoms with Crippen molar-refractivity contribution in [2.45, 2.75) is 12.7 Å². The van der Waals surface area contributed by atoms with Crippen LogP contribution in [0.25, 0.3) is 0 Å². The van der Waals surface area contributed by atoms with Crippen molar-refractivity contribution in [3.63, 3.8) is 0 Å². The Morgan fingerprint density at radius 3 is 2.14 bits per heavy atom. The summed E-state index contributed by atoms with van der Waals surface area (Å²) in [5, 5.41) is 3.61. The Labute approximate surface area is 177 Å². The van der Waals surface area contributed by atoms with Gasteiger partial charge in [-0.3, -0.25) is 14.6 Å². The third-order valence-corrected chi connectivity index (χ3v) is 5.49. The van der Waals surface area contributed by atoms with Crippen molar-refractivity contribution in [3.8, 4) is 0 Å². The van der Waals surface area contributed by atoms with Crippen LogP contribution in [0.5, 0.6) is 0 Å². The number of hydrogen-bond acceptors (Lipinski definition) is 3. The largest absolute Gasteiger partial charge is 0.418 e. The highest BCUT2D eigenvalue weighted by molar-refractivity contribution is 6.35. The van der Waals surface area contributed by atoms with Gasteiger partial charge in [0.05, 0.1) is 17.8 Å². The summed E-state index contributed by atoms with van der Waals surface area (Å²) >= 11 is 12.4. The minimum atomic E-state index is -4.52. The van der Waals surface area contributed by atoms with E-state index in [1.54, 1.807) is 18.2 Å². The van der Waals surface area contributed by atoms with Crippen LogP contribution in [0.4, 0.5) is 18.9 Å². The van der Waals surface area contributed by atoms with Crippen molar-refractivity contribution in [2.24, 2.45) is 0 Å². The second-order valence-corrected chi connectivity index (χ2v) is 7.66. The normalized spacial score (nSPS) is 16.0. The molecule has 1 N–H and O–H groups in total. The molecule has 0 spiro atoms. The van der Waals surface area contributed by atoms with Crippen LogP contribution >= 0.6 is 23.2 Å². The molecule has 0 atom stereocenters. The smallest absolute Gasteiger partial charge is 0.324 e. The van der Waals surface area contributed by atoms with Crippen LogP contribution in [0, 0.1) is 0 Å². The second-order valence-electron chi connectivity index (χ2n) is 6.84. The minimum absolute atomic E-state index is 0.0346. The second kappa shape index (κ2) is 9.34. The average molecular weight is 446 g/mol. The number of anilines is 1. The third kappa shape index (κ3) is 5.85. The number of amides is 1. The Bertz CT molecular complexity index is 848. The molecule has 9 heteroatoms. The van der Waals surface area contributed by atoms with Gasteiger partial charge >= 0.3 is 6.18 Å². The molecular weight excluding hydrogens is 426 g/mol. The van der Waals surface area contributed by atoms with Crippen molar-refractivity contribution < 1.29 is 18.0 Å². The number of alkyl halides is 3. The SMILES string of the molecule is O=C(CN1CCN(Cc2c(Cl)cccc2Cl)CC1)Nc1ccccc1C(F)(F)F. The summed E-state index contributed by atoms with van der Waals surface area (Å²) in [5.41, 5.74) is -0.211. The van der Waals surface area contributed by atoms with Gasteiger partial charge in [0.25, 0.3) is 0 Å². The van der Waals surface area contributed by atoms with Gasteiger partial charge in [0.2, 0.25) is 5.91 Å². The topological polar surface area (TPSA) is 35.6 Å². The summed E-state index contributed by atoms with van der Waals surface area (Å²) in [5.74, 6) is -0.468. The number of para-hydroxylation sites is 1. The number of benzene rings is 2. The van der Waals surface area contributed by atoms with Gasteiger partial charge in [0.15, 0.2) is 0 Å². The molecule has 0 radical (unpaired) electrons. The Hall–Kier alpha value is -1.80. The van der Waals surface area contributed by atoms with Crippen LogP contribution < -0.4 is 5.32 Å². The van der Waals surface area contributed by atoms with Gasteiger partial charge in [-0.1, -0.05) is 41.4 Å². The van der Waals surface area contributed by atoms with Gasteiger partial charge in [-0.15, -0.1) is 0 Å². The zero-order valence-corrected chi connectivity index (χ0v) is 17.0. The minimum Gasteiger partial charge on any atom is -0.324 e. The molecule has 0 aromatic heterocycles. The average Bonchev–Trinajstić information content (AvgIpc) is 2.66. The van der Waals surface area contributed by atoms with Gasteiger partial charge in [-0.2, -0.15) is 13.2 Å². The van der Waals surface area contributed by atoms with Gasteiger partial charge in [-0.25, -0.2) is 0 Å². The van der Waals surface area contributed by atoms with Crippen molar-refractivity contribution >= 4 is 34.8 Å². The quantitative estimate of drug-likeness (QED) is 0.719. The van der Waals surface area contributed by atoms with Crippen LogP contribution in [0.15, 0.2) is 42.5 Å². The van der Waals surface area contributed by atoms with E-state index >= 15 is 0 Å². The first-order valence-electron chi connectivity index (χ1n) is 9.07. The zero-order valence-electron chi connectivity index (χ0n) is 15.5. The first kappa shape index (κ1) is 21.9. The standard InChI is InChI=1S/C20H20Cl2F3N3O/c21-16-5-3-6-17(22)14(16)12-27-8-10-28(11-9-27)13-19(29)26-18-7-2-1-4-15(18)20(23,24)25/h1-7H,8-13H2,(H,26,29). The first-order valence-corrected chi connectivity index (χ1v) is 9.83. The number of nitrogens with one attached hydrogen (secondary N) is 1. The zero-order chi connectivity index (χ0) is 21.0. The lowest BCUT2D eigenvalue weighted by molar-refractivity contribution is -0.137.